The molecule has 2 aliphatic rings. The Bertz CT molecular complexity index is 1640. The quantitative estimate of drug-likeness (QED) is 0.267. The van der Waals surface area contributed by atoms with Crippen molar-refractivity contribution in [1.29, 1.82) is 0 Å². The third-order valence-corrected chi connectivity index (χ3v) is 9.44. The predicted molar refractivity (Wildman–Crippen MR) is 167 cm³/mol. The van der Waals surface area contributed by atoms with Crippen molar-refractivity contribution in [3.05, 3.63) is 87.4 Å². The van der Waals surface area contributed by atoms with E-state index in [0.29, 0.717) is 45.6 Å². The molecule has 1 atom stereocenters. The second kappa shape index (κ2) is 11.3. The molecule has 40 heavy (non-hydrogen) atoms. The number of thioether (sulfide) groups is 1. The van der Waals surface area contributed by atoms with Crippen LogP contribution in [0.15, 0.2) is 65.7 Å². The van der Waals surface area contributed by atoms with E-state index >= 15 is 0 Å². The van der Waals surface area contributed by atoms with E-state index in [1.165, 1.54) is 23.3 Å². The molecule has 2 aromatic carbocycles. The molecule has 2 aromatic heterocycles. The molecule has 0 radical (unpaired) electrons. The molecule has 2 N–H and O–H groups in total. The summed E-state index contributed by atoms with van der Waals surface area (Å²) in [4.78, 5) is 26.3. The SMILES string of the molecule is CCn1c(=O)c(-c2ccc(C3=CN(C)C(C)S3)cc2Cl)cc2cnc(Nc3ccc(C4CCNCC4)cc3)nc21. The molecule has 0 bridgehead atoms. The second-order valence-electron chi connectivity index (χ2n) is 10.4. The Morgan fingerprint density at radius 2 is 1.88 bits per heavy atom. The van der Waals surface area contributed by atoms with E-state index in [9.17, 15) is 4.79 Å². The standard InChI is InChI=1S/C31H33ClN6OS/c1-4-38-29-23(17-34-31(36-29)35-24-8-5-20(6-9-24)21-11-13-33-14-12-21)15-26(30(38)39)25-10-7-22(16-27(25)32)28-18-37(3)19(2)40-28/h5-10,15-19,21,33H,4,11-14H2,1-3H3,(H,34,35,36). The molecule has 4 aromatic rings. The molecule has 0 spiro atoms. The number of fused-ring (bicyclic) bond motifs is 1. The third-order valence-electron chi connectivity index (χ3n) is 7.86. The van der Waals surface area contributed by atoms with Crippen LogP contribution in [-0.4, -0.2) is 44.9 Å². The van der Waals surface area contributed by atoms with Crippen molar-refractivity contribution in [2.24, 2.45) is 0 Å². The molecule has 1 saturated heterocycles. The zero-order valence-corrected chi connectivity index (χ0v) is 24.5. The van der Waals surface area contributed by atoms with E-state index in [2.05, 4.69) is 65.0 Å². The minimum atomic E-state index is -0.122. The minimum absolute atomic E-state index is 0.122. The van der Waals surface area contributed by atoms with Crippen molar-refractivity contribution < 1.29 is 0 Å². The number of rotatable bonds is 6. The fourth-order valence-electron chi connectivity index (χ4n) is 5.45. The third kappa shape index (κ3) is 5.23. The highest BCUT2D eigenvalue weighted by Gasteiger charge is 2.21. The molecular formula is C31H33ClN6OS. The average Bonchev–Trinajstić information content (AvgIpc) is 3.31. The molecule has 0 saturated carbocycles. The summed E-state index contributed by atoms with van der Waals surface area (Å²) in [7, 11) is 2.07. The molecule has 1 unspecified atom stereocenters. The average molecular weight is 573 g/mol. The molecule has 6 rings (SSSR count). The number of aryl methyl sites for hydroxylation is 1. The zero-order chi connectivity index (χ0) is 27.8. The van der Waals surface area contributed by atoms with Crippen LogP contribution in [0.1, 0.15) is 43.7 Å². The van der Waals surface area contributed by atoms with Gasteiger partial charge in [0.05, 0.1) is 5.37 Å². The highest BCUT2D eigenvalue weighted by molar-refractivity contribution is 8.09. The van der Waals surface area contributed by atoms with E-state index in [-0.39, 0.29) is 5.56 Å². The summed E-state index contributed by atoms with van der Waals surface area (Å²) in [5.74, 6) is 1.06. The van der Waals surface area contributed by atoms with E-state index in [1.807, 2.05) is 31.2 Å². The number of nitrogens with zero attached hydrogens (tertiary/aromatic N) is 4. The van der Waals surface area contributed by atoms with Crippen molar-refractivity contribution >= 4 is 50.9 Å². The Kier molecular flexibility index (Phi) is 7.57. The van der Waals surface area contributed by atoms with Gasteiger partial charge in [0, 0.05) is 58.1 Å². The number of aromatic nitrogens is 3. The summed E-state index contributed by atoms with van der Waals surface area (Å²) in [5, 5.41) is 8.44. The first kappa shape index (κ1) is 26.9. The lowest BCUT2D eigenvalue weighted by atomic mass is 9.90. The van der Waals surface area contributed by atoms with Gasteiger partial charge in [0.1, 0.15) is 5.65 Å². The fraction of sp³-hybridized carbons (Fsp3) is 0.323. The molecule has 0 aliphatic carbocycles. The van der Waals surface area contributed by atoms with Gasteiger partial charge in [0.2, 0.25) is 5.95 Å². The molecule has 0 amide bonds. The van der Waals surface area contributed by atoms with Crippen LogP contribution < -0.4 is 16.2 Å². The first-order valence-corrected chi connectivity index (χ1v) is 15.1. The van der Waals surface area contributed by atoms with Gasteiger partial charge in [-0.05, 0) is 81.1 Å². The highest BCUT2D eigenvalue weighted by atomic mass is 35.5. The Morgan fingerprint density at radius 1 is 1.10 bits per heavy atom. The second-order valence-corrected chi connectivity index (χ2v) is 12.2. The van der Waals surface area contributed by atoms with Crippen molar-refractivity contribution in [1.82, 2.24) is 24.8 Å². The molecule has 2 aliphatic heterocycles. The van der Waals surface area contributed by atoms with Crippen LogP contribution >= 0.6 is 23.4 Å². The summed E-state index contributed by atoms with van der Waals surface area (Å²) >= 11 is 8.56. The topological polar surface area (TPSA) is 75.1 Å². The largest absolute Gasteiger partial charge is 0.367 e. The highest BCUT2D eigenvalue weighted by Crippen LogP contribution is 2.40. The van der Waals surface area contributed by atoms with E-state index in [4.69, 9.17) is 16.6 Å². The van der Waals surface area contributed by atoms with Crippen LogP contribution in [0.3, 0.4) is 0 Å². The summed E-state index contributed by atoms with van der Waals surface area (Å²) in [6, 6.07) is 16.3. The van der Waals surface area contributed by atoms with Crippen molar-refractivity contribution in [3.8, 4) is 11.1 Å². The Morgan fingerprint density at radius 3 is 2.55 bits per heavy atom. The molecule has 9 heteroatoms. The van der Waals surface area contributed by atoms with Gasteiger partial charge < -0.3 is 15.5 Å². The monoisotopic (exact) mass is 572 g/mol. The van der Waals surface area contributed by atoms with Crippen LogP contribution in [-0.2, 0) is 6.54 Å². The van der Waals surface area contributed by atoms with Crippen LogP contribution in [0.4, 0.5) is 11.6 Å². The van der Waals surface area contributed by atoms with Gasteiger partial charge in [-0.25, -0.2) is 4.98 Å². The number of benzene rings is 2. The number of halogens is 1. The normalized spacial score (nSPS) is 17.9. The first-order chi connectivity index (χ1) is 19.4. The number of piperidine rings is 1. The molecule has 7 nitrogen and oxygen atoms in total. The van der Waals surface area contributed by atoms with Gasteiger partial charge in [-0.3, -0.25) is 9.36 Å². The zero-order valence-electron chi connectivity index (χ0n) is 22.9. The summed E-state index contributed by atoms with van der Waals surface area (Å²) in [6.45, 7) is 6.74. The molecule has 1 fully saturated rings. The van der Waals surface area contributed by atoms with E-state index < -0.39 is 0 Å². The lowest BCUT2D eigenvalue weighted by molar-refractivity contribution is 0.460. The summed E-state index contributed by atoms with van der Waals surface area (Å²) < 4.78 is 1.69. The lowest BCUT2D eigenvalue weighted by Gasteiger charge is -2.23. The lowest BCUT2D eigenvalue weighted by Crippen LogP contribution is -2.26. The number of pyridine rings is 1. The molecule has 206 valence electrons. The minimum Gasteiger partial charge on any atom is -0.367 e. The summed E-state index contributed by atoms with van der Waals surface area (Å²) in [6.07, 6.45) is 6.23. The van der Waals surface area contributed by atoms with Gasteiger partial charge in [0.25, 0.3) is 5.56 Å². The Labute approximate surface area is 243 Å². The van der Waals surface area contributed by atoms with Crippen molar-refractivity contribution in [2.45, 2.75) is 44.5 Å². The maximum absolute atomic E-state index is 13.6. The van der Waals surface area contributed by atoms with Crippen molar-refractivity contribution in [2.75, 3.05) is 25.5 Å². The Balaban J connectivity index is 1.29. The van der Waals surface area contributed by atoms with Gasteiger partial charge in [-0.2, -0.15) is 4.98 Å². The van der Waals surface area contributed by atoms with Crippen molar-refractivity contribution in [3.63, 3.8) is 0 Å². The fourth-order valence-corrected chi connectivity index (χ4v) is 6.81. The van der Waals surface area contributed by atoms with Crippen LogP contribution in [0.2, 0.25) is 5.02 Å². The Hall–Kier alpha value is -3.33. The first-order valence-electron chi connectivity index (χ1n) is 13.8. The van der Waals surface area contributed by atoms with Gasteiger partial charge >= 0.3 is 0 Å². The number of nitrogens with one attached hydrogen (secondary N) is 2. The maximum Gasteiger partial charge on any atom is 0.260 e. The van der Waals surface area contributed by atoms with Crippen LogP contribution in [0.5, 0.6) is 0 Å². The van der Waals surface area contributed by atoms with Crippen LogP contribution in [0.25, 0.3) is 27.1 Å². The van der Waals surface area contributed by atoms with Gasteiger partial charge in [-0.1, -0.05) is 47.6 Å². The smallest absolute Gasteiger partial charge is 0.260 e. The van der Waals surface area contributed by atoms with E-state index in [0.717, 1.165) is 29.7 Å². The summed E-state index contributed by atoms with van der Waals surface area (Å²) in [5.41, 5.74) is 5.06. The molecular weight excluding hydrogens is 540 g/mol. The number of hydrogen-bond donors (Lipinski definition) is 2. The van der Waals surface area contributed by atoms with Gasteiger partial charge in [0.15, 0.2) is 0 Å². The maximum atomic E-state index is 13.6. The van der Waals surface area contributed by atoms with Gasteiger partial charge in [-0.15, -0.1) is 0 Å². The predicted octanol–water partition coefficient (Wildman–Crippen LogP) is 6.67. The van der Waals surface area contributed by atoms with E-state index in [1.54, 1.807) is 22.5 Å². The number of hydrogen-bond acceptors (Lipinski definition) is 7. The number of anilines is 2. The van der Waals surface area contributed by atoms with Crippen LogP contribution in [0, 0.1) is 0 Å². The molecule has 4 heterocycles.